The molecule has 58 heavy (non-hydrogen) atoms. The molecule has 0 saturated carbocycles. The van der Waals surface area contributed by atoms with Gasteiger partial charge in [-0.25, -0.2) is 15.0 Å². The minimum absolute atomic E-state index is 0.514. The van der Waals surface area contributed by atoms with E-state index >= 15 is 0 Å². The third-order valence-corrected chi connectivity index (χ3v) is 12.3. The highest BCUT2D eigenvalue weighted by atomic mass is 16.5. The van der Waals surface area contributed by atoms with E-state index in [0.29, 0.717) is 17.5 Å². The summed E-state index contributed by atoms with van der Waals surface area (Å²) in [6.45, 7) is 0. The molecule has 4 heteroatoms. The van der Waals surface area contributed by atoms with Gasteiger partial charge in [-0.1, -0.05) is 164 Å². The van der Waals surface area contributed by atoms with Crippen LogP contribution in [0.4, 0.5) is 0 Å². The fourth-order valence-corrected chi connectivity index (χ4v) is 9.73. The summed E-state index contributed by atoms with van der Waals surface area (Å²) in [6.07, 6.45) is 6.77. The molecule has 0 fully saturated rings. The van der Waals surface area contributed by atoms with Crippen molar-refractivity contribution in [1.29, 1.82) is 0 Å². The SMILES string of the molecule is C1=CC2=C(CC1)c1ccccc1C21c2ccccc2Oc2ccc(-c3ccccc3-c3nc(-c4ccccc4)nc(-c4ccc5c(ccc6ccccc65)c4)n3)cc21. The maximum absolute atomic E-state index is 6.77. The Bertz CT molecular complexity index is 3220. The third kappa shape index (κ3) is 4.85. The fourth-order valence-electron chi connectivity index (χ4n) is 9.73. The lowest BCUT2D eigenvalue weighted by atomic mass is 9.64. The second-order valence-electron chi connectivity index (χ2n) is 15.4. The monoisotopic (exact) mass is 741 g/mol. The molecule has 1 aromatic heterocycles. The largest absolute Gasteiger partial charge is 0.457 e. The Morgan fingerprint density at radius 2 is 1.09 bits per heavy atom. The third-order valence-electron chi connectivity index (χ3n) is 12.3. The zero-order chi connectivity index (χ0) is 38.2. The number of fused-ring (bicyclic) bond motifs is 11. The van der Waals surface area contributed by atoms with E-state index in [-0.39, 0.29) is 0 Å². The van der Waals surface area contributed by atoms with Gasteiger partial charge in [-0.2, -0.15) is 0 Å². The van der Waals surface area contributed by atoms with Crippen molar-refractivity contribution in [1.82, 2.24) is 15.0 Å². The lowest BCUT2D eigenvalue weighted by Crippen LogP contribution is -2.33. The quantitative estimate of drug-likeness (QED) is 0.169. The number of aromatic nitrogens is 3. The van der Waals surface area contributed by atoms with Crippen molar-refractivity contribution in [2.24, 2.45) is 0 Å². The normalized spacial score (nSPS) is 16.2. The molecule has 3 aliphatic rings. The number of para-hydroxylation sites is 1. The number of hydrogen-bond acceptors (Lipinski definition) is 4. The van der Waals surface area contributed by atoms with Crippen LogP contribution in [0.3, 0.4) is 0 Å². The summed E-state index contributed by atoms with van der Waals surface area (Å²) in [5, 5.41) is 4.81. The Hall–Kier alpha value is -7.43. The molecule has 1 atom stereocenters. The van der Waals surface area contributed by atoms with Crippen LogP contribution in [0.2, 0.25) is 0 Å². The summed E-state index contributed by atoms with van der Waals surface area (Å²) in [5.74, 6) is 3.67. The number of hydrogen-bond donors (Lipinski definition) is 0. The molecular weight excluding hydrogens is 707 g/mol. The van der Waals surface area contributed by atoms with E-state index in [1.807, 2.05) is 18.2 Å². The van der Waals surface area contributed by atoms with E-state index in [2.05, 4.69) is 170 Å². The van der Waals surface area contributed by atoms with Crippen LogP contribution in [0.5, 0.6) is 11.5 Å². The topological polar surface area (TPSA) is 47.9 Å². The number of ether oxygens (including phenoxy) is 1. The molecule has 1 unspecified atom stereocenters. The van der Waals surface area contributed by atoms with Crippen molar-refractivity contribution in [3.8, 4) is 56.8 Å². The Morgan fingerprint density at radius 3 is 1.98 bits per heavy atom. The van der Waals surface area contributed by atoms with Crippen LogP contribution in [0, 0.1) is 0 Å². The van der Waals surface area contributed by atoms with Gasteiger partial charge in [-0.15, -0.1) is 0 Å². The number of allylic oxidation sites excluding steroid dienone is 4. The molecule has 2 heterocycles. The second-order valence-corrected chi connectivity index (χ2v) is 15.4. The van der Waals surface area contributed by atoms with E-state index in [4.69, 9.17) is 19.7 Å². The maximum Gasteiger partial charge on any atom is 0.164 e. The van der Waals surface area contributed by atoms with Crippen molar-refractivity contribution in [3.05, 3.63) is 216 Å². The van der Waals surface area contributed by atoms with Crippen LogP contribution in [0.25, 0.3) is 72.4 Å². The molecule has 12 rings (SSSR count). The molecule has 1 spiro atoms. The Balaban J connectivity index is 1.06. The first-order chi connectivity index (χ1) is 28.7. The minimum Gasteiger partial charge on any atom is -0.457 e. The molecule has 4 nitrogen and oxygen atoms in total. The van der Waals surface area contributed by atoms with Crippen molar-refractivity contribution in [3.63, 3.8) is 0 Å². The van der Waals surface area contributed by atoms with Crippen molar-refractivity contribution in [2.45, 2.75) is 18.3 Å². The number of rotatable bonds is 4. The van der Waals surface area contributed by atoms with Gasteiger partial charge in [-0.3, -0.25) is 0 Å². The molecule has 0 saturated heterocycles. The Morgan fingerprint density at radius 1 is 0.431 bits per heavy atom. The highest BCUT2D eigenvalue weighted by Crippen LogP contribution is 2.63. The highest BCUT2D eigenvalue weighted by molar-refractivity contribution is 6.08. The molecule has 272 valence electrons. The van der Waals surface area contributed by atoms with Crippen LogP contribution in [-0.2, 0) is 5.41 Å². The molecule has 0 radical (unpaired) electrons. The Labute approximate surface area is 336 Å². The lowest BCUT2D eigenvalue weighted by molar-refractivity contribution is 0.435. The average Bonchev–Trinajstić information content (AvgIpc) is 3.59. The number of nitrogens with zero attached hydrogens (tertiary/aromatic N) is 3. The van der Waals surface area contributed by atoms with Gasteiger partial charge in [0.25, 0.3) is 0 Å². The predicted octanol–water partition coefficient (Wildman–Crippen LogP) is 13.4. The van der Waals surface area contributed by atoms with E-state index in [0.717, 1.165) is 63.1 Å². The van der Waals surface area contributed by atoms with Crippen LogP contribution < -0.4 is 4.74 Å². The summed E-state index contributed by atoms with van der Waals surface area (Å²) >= 11 is 0. The summed E-state index contributed by atoms with van der Waals surface area (Å²) in [4.78, 5) is 15.6. The molecular formula is C54H35N3O. The average molecular weight is 742 g/mol. The van der Waals surface area contributed by atoms with Crippen molar-refractivity contribution < 1.29 is 4.74 Å². The van der Waals surface area contributed by atoms with Gasteiger partial charge >= 0.3 is 0 Å². The molecule has 0 amide bonds. The van der Waals surface area contributed by atoms with Gasteiger partial charge in [-0.05, 0) is 92.1 Å². The maximum atomic E-state index is 6.77. The first-order valence-electron chi connectivity index (χ1n) is 20.0. The molecule has 8 aromatic carbocycles. The summed E-state index contributed by atoms with van der Waals surface area (Å²) in [6, 6.07) is 62.3. The molecule has 2 aliphatic carbocycles. The lowest BCUT2D eigenvalue weighted by Gasteiger charge is -2.40. The highest BCUT2D eigenvalue weighted by Gasteiger charge is 2.51. The summed E-state index contributed by atoms with van der Waals surface area (Å²) < 4.78 is 6.77. The zero-order valence-electron chi connectivity index (χ0n) is 31.6. The summed E-state index contributed by atoms with van der Waals surface area (Å²) in [5.41, 5.74) is 12.2. The van der Waals surface area contributed by atoms with Gasteiger partial charge in [0.15, 0.2) is 17.5 Å². The molecule has 0 bridgehead atoms. The molecule has 9 aromatic rings. The van der Waals surface area contributed by atoms with Crippen LogP contribution in [-0.4, -0.2) is 15.0 Å². The van der Waals surface area contributed by atoms with Crippen LogP contribution in [0.15, 0.2) is 194 Å². The fraction of sp³-hybridized carbons (Fsp3) is 0.0556. The van der Waals surface area contributed by atoms with Crippen molar-refractivity contribution in [2.75, 3.05) is 0 Å². The van der Waals surface area contributed by atoms with Gasteiger partial charge in [0, 0.05) is 27.8 Å². The van der Waals surface area contributed by atoms with E-state index < -0.39 is 5.41 Å². The van der Waals surface area contributed by atoms with E-state index in [1.165, 1.54) is 44.0 Å². The van der Waals surface area contributed by atoms with Gasteiger partial charge in [0.2, 0.25) is 0 Å². The molecule has 1 aliphatic heterocycles. The standard InChI is InChI=1S/C54H35N3O/c1-2-15-35(16-3-1)51-55-52(38-28-30-41-36(32-38)27-26-34-14-4-5-17-39(34)41)57-53(56-51)44-21-7-6-18-40(44)37-29-31-50-48(33-37)54(47-24-12-13-25-49(47)58-50)45-22-10-8-19-42(45)43-20-9-11-23-46(43)54/h1-8,10-19,21-33H,9,20H2. The van der Waals surface area contributed by atoms with Gasteiger partial charge < -0.3 is 4.74 Å². The minimum atomic E-state index is -0.514. The first-order valence-corrected chi connectivity index (χ1v) is 20.0. The van der Waals surface area contributed by atoms with Gasteiger partial charge in [0.05, 0.1) is 5.41 Å². The van der Waals surface area contributed by atoms with E-state index in [9.17, 15) is 0 Å². The second kappa shape index (κ2) is 12.8. The van der Waals surface area contributed by atoms with E-state index in [1.54, 1.807) is 0 Å². The molecule has 0 N–H and O–H groups in total. The van der Waals surface area contributed by atoms with Gasteiger partial charge in [0.1, 0.15) is 11.5 Å². The predicted molar refractivity (Wildman–Crippen MR) is 235 cm³/mol. The Kier molecular flexibility index (Phi) is 7.24. The first kappa shape index (κ1) is 32.8. The summed E-state index contributed by atoms with van der Waals surface area (Å²) in [7, 11) is 0. The zero-order valence-corrected chi connectivity index (χ0v) is 31.6. The van der Waals surface area contributed by atoms with Crippen molar-refractivity contribution >= 4 is 27.1 Å². The number of benzene rings is 8. The van der Waals surface area contributed by atoms with Crippen LogP contribution >= 0.6 is 0 Å². The van der Waals surface area contributed by atoms with Crippen LogP contribution in [0.1, 0.15) is 35.1 Å². The smallest absolute Gasteiger partial charge is 0.164 e.